The second-order valence-corrected chi connectivity index (χ2v) is 16.0. The highest BCUT2D eigenvalue weighted by atomic mass is 79.9. The van der Waals surface area contributed by atoms with Crippen LogP contribution >= 0.6 is 31.9 Å². The Kier molecular flexibility index (Phi) is 11.7. The number of hydrogen-bond donors (Lipinski definition) is 2. The number of aromatic nitrogens is 4. The van der Waals surface area contributed by atoms with Crippen LogP contribution in [0.25, 0.3) is 33.9 Å². The van der Waals surface area contributed by atoms with Crippen molar-refractivity contribution in [3.8, 4) is 33.9 Å². The third-order valence-electron chi connectivity index (χ3n) is 7.36. The van der Waals surface area contributed by atoms with Crippen LogP contribution in [-0.4, -0.2) is 36.4 Å². The van der Waals surface area contributed by atoms with Gasteiger partial charge in [-0.3, -0.25) is 0 Å². The van der Waals surface area contributed by atoms with Crippen molar-refractivity contribution in [1.82, 2.24) is 19.6 Å². The van der Waals surface area contributed by atoms with E-state index in [-0.39, 0.29) is 33.9 Å². The van der Waals surface area contributed by atoms with Crippen LogP contribution in [-0.2, 0) is 32.4 Å². The summed E-state index contributed by atoms with van der Waals surface area (Å²) >= 11 is 6.53. The Morgan fingerprint density at radius 1 is 0.500 bits per heavy atom. The highest BCUT2D eigenvalue weighted by Gasteiger charge is 2.37. The number of primary sulfonamides is 2. The fraction of sp³-hybridized carbons (Fsp3) is 0.0625. The number of alkyl halides is 6. The molecule has 0 radical (unpaired) electrons. The standard InChI is InChI=1S/C16H9Br2F4N3O2S.C16H9F6N3O2S/c2*17-10-3-2-9(6-11(10)18)25-13(7-15(24-25)16(20,21)22)8-1-4-14(12(19)5-8)28(23,26)27/h2*1-7H,(H2,23,26,27). The number of benzene rings is 4. The Balaban J connectivity index is 0.000000214. The van der Waals surface area contributed by atoms with Gasteiger partial charge in [-0.1, -0.05) is 12.1 Å². The predicted octanol–water partition coefficient (Wildman–Crippen LogP) is 8.49. The normalized spacial score (nSPS) is 12.4. The Morgan fingerprint density at radius 3 is 1.27 bits per heavy atom. The molecule has 6 aromatic rings. The van der Waals surface area contributed by atoms with Gasteiger partial charge in [0.05, 0.1) is 22.8 Å². The Morgan fingerprint density at radius 2 is 0.911 bits per heavy atom. The molecule has 6 rings (SSSR count). The maximum absolute atomic E-state index is 14.2. The lowest BCUT2D eigenvalue weighted by Gasteiger charge is -2.10. The van der Waals surface area contributed by atoms with Crippen molar-refractivity contribution >= 4 is 51.9 Å². The molecule has 0 aliphatic heterocycles. The molecule has 0 spiro atoms. The van der Waals surface area contributed by atoms with Gasteiger partial charge in [0, 0.05) is 26.1 Å². The molecular weight excluding hydrogens is 946 g/mol. The summed E-state index contributed by atoms with van der Waals surface area (Å²) in [6.07, 6.45) is -9.61. The van der Waals surface area contributed by atoms with Crippen LogP contribution in [0.15, 0.2) is 104 Å². The van der Waals surface area contributed by atoms with Gasteiger partial charge in [-0.05, 0) is 98.6 Å². The number of halogens is 12. The molecule has 24 heteroatoms. The molecule has 0 saturated heterocycles. The Labute approximate surface area is 325 Å². The van der Waals surface area contributed by atoms with E-state index in [1.54, 1.807) is 6.07 Å². The molecule has 0 atom stereocenters. The van der Waals surface area contributed by atoms with Crippen molar-refractivity contribution in [3.05, 3.63) is 129 Å². The van der Waals surface area contributed by atoms with E-state index in [1.807, 2.05) is 0 Å². The van der Waals surface area contributed by atoms with Crippen molar-refractivity contribution in [2.24, 2.45) is 10.3 Å². The fourth-order valence-corrected chi connectivity index (χ4v) is 6.65. The maximum Gasteiger partial charge on any atom is 0.435 e. The van der Waals surface area contributed by atoms with Crippen LogP contribution in [0.1, 0.15) is 11.4 Å². The number of nitrogens with zero attached hydrogens (tertiary/aromatic N) is 4. The monoisotopic (exact) mass is 962 g/mol. The van der Waals surface area contributed by atoms with E-state index in [0.29, 0.717) is 37.9 Å². The Bertz CT molecular complexity index is 2540. The molecule has 296 valence electrons. The third kappa shape index (κ3) is 9.32. The number of sulfonamides is 2. The van der Waals surface area contributed by atoms with Crippen molar-refractivity contribution in [3.63, 3.8) is 0 Å². The van der Waals surface area contributed by atoms with Crippen LogP contribution in [0.2, 0.25) is 0 Å². The van der Waals surface area contributed by atoms with Crippen LogP contribution in [0, 0.1) is 23.3 Å². The maximum atomic E-state index is 14.2. The summed E-state index contributed by atoms with van der Waals surface area (Å²) in [6.45, 7) is 0. The number of rotatable bonds is 6. The molecule has 10 nitrogen and oxygen atoms in total. The summed E-state index contributed by atoms with van der Waals surface area (Å²) in [7, 11) is -8.70. The zero-order valence-corrected chi connectivity index (χ0v) is 31.8. The Hall–Kier alpha value is -4.62. The van der Waals surface area contributed by atoms with E-state index in [0.717, 1.165) is 47.1 Å². The molecule has 0 amide bonds. The minimum atomic E-state index is -4.88. The smallest absolute Gasteiger partial charge is 0.232 e. The third-order valence-corrected chi connectivity index (χ3v) is 11.1. The van der Waals surface area contributed by atoms with E-state index < -0.39 is 76.8 Å². The van der Waals surface area contributed by atoms with Crippen molar-refractivity contribution in [2.75, 3.05) is 0 Å². The molecule has 2 aromatic heterocycles. The lowest BCUT2D eigenvalue weighted by Crippen LogP contribution is -2.14. The molecule has 0 unspecified atom stereocenters. The van der Waals surface area contributed by atoms with E-state index in [2.05, 4.69) is 42.1 Å². The zero-order chi connectivity index (χ0) is 41.7. The van der Waals surface area contributed by atoms with Crippen molar-refractivity contribution in [2.45, 2.75) is 22.1 Å². The fourth-order valence-electron chi connectivity index (χ4n) is 4.86. The van der Waals surface area contributed by atoms with Gasteiger partial charge in [0.15, 0.2) is 23.0 Å². The number of nitrogens with two attached hydrogens (primary N) is 2. The average Bonchev–Trinajstić information content (AvgIpc) is 3.73. The molecular formula is C32H18Br2F10N6O4S2. The summed E-state index contributed by atoms with van der Waals surface area (Å²) in [4.78, 5) is -1.61. The first-order chi connectivity index (χ1) is 25.8. The molecule has 2 heterocycles. The van der Waals surface area contributed by atoms with Crippen LogP contribution < -0.4 is 10.3 Å². The van der Waals surface area contributed by atoms with Gasteiger partial charge >= 0.3 is 12.4 Å². The first-order valence-corrected chi connectivity index (χ1v) is 19.3. The lowest BCUT2D eigenvalue weighted by atomic mass is 10.1. The second-order valence-electron chi connectivity index (χ2n) is 11.2. The van der Waals surface area contributed by atoms with Gasteiger partial charge in [0.25, 0.3) is 0 Å². The summed E-state index contributed by atoms with van der Waals surface area (Å²) in [5, 5.41) is 16.7. The van der Waals surface area contributed by atoms with Gasteiger partial charge in [-0.25, -0.2) is 54.0 Å². The minimum Gasteiger partial charge on any atom is -0.232 e. The molecule has 56 heavy (non-hydrogen) atoms. The van der Waals surface area contributed by atoms with Crippen LogP contribution in [0.4, 0.5) is 43.9 Å². The predicted molar refractivity (Wildman–Crippen MR) is 186 cm³/mol. The SMILES string of the molecule is NS(=O)(=O)c1ccc(-c2cc(C(F)(F)F)nn2-c2ccc(Br)c(Br)c2)cc1F.NS(=O)(=O)c1ccc(-c2cc(C(F)(F)F)nn2-c2ccc(F)c(F)c2)cc1F. The highest BCUT2D eigenvalue weighted by Crippen LogP contribution is 2.36. The highest BCUT2D eigenvalue weighted by molar-refractivity contribution is 9.13. The topological polar surface area (TPSA) is 156 Å². The van der Waals surface area contributed by atoms with Crippen LogP contribution in [0.5, 0.6) is 0 Å². The van der Waals surface area contributed by atoms with Gasteiger partial charge in [0.1, 0.15) is 21.4 Å². The summed E-state index contributed by atoms with van der Waals surface area (Å²) in [5.41, 5.74) is -3.17. The molecule has 0 aliphatic carbocycles. The molecule has 0 bridgehead atoms. The first-order valence-electron chi connectivity index (χ1n) is 14.7. The number of hydrogen-bond acceptors (Lipinski definition) is 6. The largest absolute Gasteiger partial charge is 0.435 e. The van der Waals surface area contributed by atoms with Gasteiger partial charge in [-0.15, -0.1) is 0 Å². The van der Waals surface area contributed by atoms with Crippen LogP contribution in [0.3, 0.4) is 0 Å². The summed E-state index contributed by atoms with van der Waals surface area (Å²) in [5.74, 6) is -5.04. The minimum absolute atomic E-state index is 0.00746. The van der Waals surface area contributed by atoms with E-state index in [4.69, 9.17) is 10.3 Å². The van der Waals surface area contributed by atoms with E-state index in [9.17, 15) is 60.7 Å². The van der Waals surface area contributed by atoms with Crippen molar-refractivity contribution in [1.29, 1.82) is 0 Å². The van der Waals surface area contributed by atoms with Gasteiger partial charge < -0.3 is 0 Å². The molecule has 4 N–H and O–H groups in total. The van der Waals surface area contributed by atoms with Gasteiger partial charge in [0.2, 0.25) is 20.0 Å². The lowest BCUT2D eigenvalue weighted by molar-refractivity contribution is -0.142. The average molecular weight is 964 g/mol. The molecule has 0 aliphatic rings. The summed E-state index contributed by atoms with van der Waals surface area (Å²) < 4.78 is 182. The van der Waals surface area contributed by atoms with Crippen molar-refractivity contribution < 1.29 is 60.7 Å². The molecule has 4 aromatic carbocycles. The first kappa shape index (κ1) is 42.5. The molecule has 0 fully saturated rings. The van der Waals surface area contributed by atoms with E-state index >= 15 is 0 Å². The van der Waals surface area contributed by atoms with E-state index in [1.165, 1.54) is 12.1 Å². The van der Waals surface area contributed by atoms with Gasteiger partial charge in [-0.2, -0.15) is 36.5 Å². The molecule has 0 saturated carbocycles. The second kappa shape index (κ2) is 15.4. The summed E-state index contributed by atoms with van der Waals surface area (Å²) in [6, 6.07) is 13.5. The quantitative estimate of drug-likeness (QED) is 0.160. The zero-order valence-electron chi connectivity index (χ0n) is 27.0.